The maximum atomic E-state index is 10.7. The highest BCUT2D eigenvalue weighted by atomic mass is 35.5. The van der Waals surface area contributed by atoms with Crippen LogP contribution in [0.15, 0.2) is 17.1 Å². The van der Waals surface area contributed by atoms with E-state index in [9.17, 15) is 4.79 Å². The molecule has 0 saturated heterocycles. The third kappa shape index (κ3) is 1.39. The monoisotopic (exact) mass is 157 g/mol. The number of aromatic nitrogens is 1. The Morgan fingerprint density at radius 2 is 2.40 bits per heavy atom. The first kappa shape index (κ1) is 7.35. The van der Waals surface area contributed by atoms with Crippen LogP contribution in [0.2, 0.25) is 0 Å². The lowest BCUT2D eigenvalue weighted by Crippen LogP contribution is -2.05. The highest BCUT2D eigenvalue weighted by Gasteiger charge is 1.95. The first-order valence-electron chi connectivity index (χ1n) is 2.98. The third-order valence-corrected chi connectivity index (χ3v) is 1.67. The molecule has 1 aromatic heterocycles. The predicted octanol–water partition coefficient (Wildman–Crippen LogP) is 1.42. The molecule has 0 radical (unpaired) electrons. The van der Waals surface area contributed by atoms with Crippen molar-refractivity contribution in [1.82, 2.24) is 4.98 Å². The molecule has 1 heterocycles. The summed E-state index contributed by atoms with van der Waals surface area (Å²) < 4.78 is 0. The Bertz CT molecular complexity index is 279. The van der Waals surface area contributed by atoms with Crippen molar-refractivity contribution in [2.45, 2.75) is 12.8 Å². The van der Waals surface area contributed by atoms with Crippen molar-refractivity contribution in [2.75, 3.05) is 0 Å². The van der Waals surface area contributed by atoms with Crippen LogP contribution in [0, 0.1) is 6.92 Å². The lowest BCUT2D eigenvalue weighted by atomic mass is 10.2. The van der Waals surface area contributed by atoms with Gasteiger partial charge in [0.2, 0.25) is 5.56 Å². The molecule has 0 aliphatic heterocycles. The molecule has 0 amide bonds. The van der Waals surface area contributed by atoms with Crippen LogP contribution in [0.5, 0.6) is 0 Å². The Balaban J connectivity index is 3.22. The SMILES string of the molecule is Cc1c[nH]c(=O)cc1CCl. The summed E-state index contributed by atoms with van der Waals surface area (Å²) in [6.07, 6.45) is 1.67. The molecular formula is C7H8ClNO. The molecule has 0 unspecified atom stereocenters. The van der Waals surface area contributed by atoms with E-state index in [2.05, 4.69) is 4.98 Å². The number of aryl methyl sites for hydroxylation is 1. The molecule has 3 heteroatoms. The van der Waals surface area contributed by atoms with Gasteiger partial charge >= 0.3 is 0 Å². The Labute approximate surface area is 63.8 Å². The van der Waals surface area contributed by atoms with Gasteiger partial charge in [-0.15, -0.1) is 11.6 Å². The van der Waals surface area contributed by atoms with E-state index in [4.69, 9.17) is 11.6 Å². The number of hydrogen-bond acceptors (Lipinski definition) is 1. The van der Waals surface area contributed by atoms with E-state index < -0.39 is 0 Å². The van der Waals surface area contributed by atoms with E-state index in [1.54, 1.807) is 6.20 Å². The molecule has 0 bridgehead atoms. The fraction of sp³-hybridized carbons (Fsp3) is 0.286. The molecule has 0 aromatic carbocycles. The summed E-state index contributed by atoms with van der Waals surface area (Å²) in [7, 11) is 0. The quantitative estimate of drug-likeness (QED) is 0.615. The molecule has 0 aliphatic rings. The summed E-state index contributed by atoms with van der Waals surface area (Å²) in [4.78, 5) is 13.2. The van der Waals surface area contributed by atoms with E-state index in [1.165, 1.54) is 6.07 Å². The molecule has 0 spiro atoms. The molecule has 0 atom stereocenters. The maximum Gasteiger partial charge on any atom is 0.248 e. The number of nitrogens with one attached hydrogen (secondary N) is 1. The van der Waals surface area contributed by atoms with Crippen LogP contribution in [-0.2, 0) is 5.88 Å². The van der Waals surface area contributed by atoms with Gasteiger partial charge in [0.1, 0.15) is 0 Å². The van der Waals surface area contributed by atoms with Gasteiger partial charge in [0, 0.05) is 18.1 Å². The minimum absolute atomic E-state index is 0.0961. The number of pyridine rings is 1. The van der Waals surface area contributed by atoms with Gasteiger partial charge in [-0.25, -0.2) is 0 Å². The average molecular weight is 158 g/mol. The summed E-state index contributed by atoms with van der Waals surface area (Å²) >= 11 is 5.55. The molecule has 0 fully saturated rings. The van der Waals surface area contributed by atoms with Crippen LogP contribution in [0.3, 0.4) is 0 Å². The van der Waals surface area contributed by atoms with Gasteiger partial charge in [-0.3, -0.25) is 4.79 Å². The van der Waals surface area contributed by atoms with E-state index >= 15 is 0 Å². The lowest BCUT2D eigenvalue weighted by Gasteiger charge is -1.97. The molecule has 0 aliphatic carbocycles. The number of halogens is 1. The Kier molecular flexibility index (Phi) is 2.12. The molecule has 54 valence electrons. The van der Waals surface area contributed by atoms with Crippen LogP contribution in [-0.4, -0.2) is 4.98 Å². The number of H-pyrrole nitrogens is 1. The van der Waals surface area contributed by atoms with Crippen molar-refractivity contribution in [3.05, 3.63) is 33.7 Å². The van der Waals surface area contributed by atoms with Crippen molar-refractivity contribution in [3.8, 4) is 0 Å². The zero-order chi connectivity index (χ0) is 7.56. The number of aromatic amines is 1. The van der Waals surface area contributed by atoms with Gasteiger partial charge in [0.25, 0.3) is 0 Å². The zero-order valence-corrected chi connectivity index (χ0v) is 6.40. The average Bonchev–Trinajstić information content (AvgIpc) is 1.94. The van der Waals surface area contributed by atoms with E-state index in [1.807, 2.05) is 6.92 Å². The second-order valence-electron chi connectivity index (χ2n) is 2.14. The van der Waals surface area contributed by atoms with Crippen molar-refractivity contribution in [2.24, 2.45) is 0 Å². The van der Waals surface area contributed by atoms with Gasteiger partial charge in [0.05, 0.1) is 0 Å². The number of hydrogen-bond donors (Lipinski definition) is 1. The smallest absolute Gasteiger partial charge is 0.248 e. The van der Waals surface area contributed by atoms with Gasteiger partial charge in [-0.05, 0) is 18.1 Å². The summed E-state index contributed by atoms with van der Waals surface area (Å²) in [6.45, 7) is 1.91. The van der Waals surface area contributed by atoms with Crippen molar-refractivity contribution >= 4 is 11.6 Å². The Morgan fingerprint density at radius 1 is 1.70 bits per heavy atom. The second-order valence-corrected chi connectivity index (χ2v) is 2.41. The fourth-order valence-corrected chi connectivity index (χ4v) is 1.02. The second kappa shape index (κ2) is 2.88. The number of alkyl halides is 1. The molecule has 2 nitrogen and oxygen atoms in total. The van der Waals surface area contributed by atoms with Gasteiger partial charge in [0.15, 0.2) is 0 Å². The van der Waals surface area contributed by atoms with Crippen LogP contribution in [0.1, 0.15) is 11.1 Å². The summed E-state index contributed by atoms with van der Waals surface area (Å²) in [6, 6.07) is 1.52. The first-order valence-corrected chi connectivity index (χ1v) is 3.51. The van der Waals surface area contributed by atoms with E-state index in [-0.39, 0.29) is 5.56 Å². The maximum absolute atomic E-state index is 10.7. The first-order chi connectivity index (χ1) is 4.74. The topological polar surface area (TPSA) is 32.9 Å². The summed E-state index contributed by atoms with van der Waals surface area (Å²) in [5, 5.41) is 0. The van der Waals surface area contributed by atoms with Crippen LogP contribution in [0.25, 0.3) is 0 Å². The van der Waals surface area contributed by atoms with Gasteiger partial charge < -0.3 is 4.98 Å². The Morgan fingerprint density at radius 3 is 2.90 bits per heavy atom. The standard InChI is InChI=1S/C7H8ClNO/c1-5-4-9-7(10)2-6(5)3-8/h2,4H,3H2,1H3,(H,9,10). The van der Waals surface area contributed by atoms with Crippen LogP contribution >= 0.6 is 11.6 Å². The molecule has 1 rings (SSSR count). The van der Waals surface area contributed by atoms with Crippen molar-refractivity contribution < 1.29 is 0 Å². The third-order valence-electron chi connectivity index (χ3n) is 1.39. The lowest BCUT2D eigenvalue weighted by molar-refractivity contribution is 1.15. The fourth-order valence-electron chi connectivity index (χ4n) is 0.730. The van der Waals surface area contributed by atoms with Gasteiger partial charge in [-0.1, -0.05) is 0 Å². The van der Waals surface area contributed by atoms with E-state index in [0.29, 0.717) is 5.88 Å². The summed E-state index contributed by atoms with van der Waals surface area (Å²) in [5.41, 5.74) is 1.82. The highest BCUT2D eigenvalue weighted by molar-refractivity contribution is 6.17. The van der Waals surface area contributed by atoms with E-state index in [0.717, 1.165) is 11.1 Å². The molecule has 1 N–H and O–H groups in total. The minimum Gasteiger partial charge on any atom is -0.329 e. The van der Waals surface area contributed by atoms with Crippen LogP contribution in [0.4, 0.5) is 0 Å². The highest BCUT2D eigenvalue weighted by Crippen LogP contribution is 2.04. The zero-order valence-electron chi connectivity index (χ0n) is 5.65. The molecular weight excluding hydrogens is 150 g/mol. The molecule has 10 heavy (non-hydrogen) atoms. The Hall–Kier alpha value is -0.760. The molecule has 1 aromatic rings. The normalized spacial score (nSPS) is 9.80. The predicted molar refractivity (Wildman–Crippen MR) is 41.4 cm³/mol. The minimum atomic E-state index is -0.0961. The summed E-state index contributed by atoms with van der Waals surface area (Å²) in [5.74, 6) is 0.399. The van der Waals surface area contributed by atoms with Crippen molar-refractivity contribution in [1.29, 1.82) is 0 Å². The number of rotatable bonds is 1. The largest absolute Gasteiger partial charge is 0.329 e. The van der Waals surface area contributed by atoms with Crippen LogP contribution < -0.4 is 5.56 Å². The molecule has 0 saturated carbocycles. The van der Waals surface area contributed by atoms with Crippen molar-refractivity contribution in [3.63, 3.8) is 0 Å². The van der Waals surface area contributed by atoms with Gasteiger partial charge in [-0.2, -0.15) is 0 Å².